The van der Waals surface area contributed by atoms with Crippen LogP contribution in [0.5, 0.6) is 0 Å². The first-order chi connectivity index (χ1) is 10.7. The van der Waals surface area contributed by atoms with E-state index < -0.39 is 0 Å². The Morgan fingerprint density at radius 2 is 2.05 bits per heavy atom. The molecular weight excluding hydrogens is 296 g/mol. The summed E-state index contributed by atoms with van der Waals surface area (Å²) >= 11 is 1.49. The molecule has 0 saturated heterocycles. The lowest BCUT2D eigenvalue weighted by atomic mass is 10.1. The molecule has 22 heavy (non-hydrogen) atoms. The van der Waals surface area contributed by atoms with Crippen LogP contribution in [0.4, 0.5) is 5.13 Å². The van der Waals surface area contributed by atoms with Crippen LogP contribution >= 0.6 is 11.3 Å². The summed E-state index contributed by atoms with van der Waals surface area (Å²) in [5, 5.41) is 9.76. The number of rotatable bonds is 2. The van der Waals surface area contributed by atoms with Gasteiger partial charge in [0, 0.05) is 18.6 Å². The molecule has 0 aliphatic rings. The number of hydrogen-bond acceptors (Lipinski definition) is 4. The third-order valence-corrected chi connectivity index (χ3v) is 4.57. The van der Waals surface area contributed by atoms with Crippen LogP contribution in [0.25, 0.3) is 21.0 Å². The molecule has 2 aromatic carbocycles. The molecule has 1 amide bonds. The predicted molar refractivity (Wildman–Crippen MR) is 88.3 cm³/mol. The van der Waals surface area contributed by atoms with E-state index in [0.717, 1.165) is 15.6 Å². The molecule has 0 unspecified atom stereocenters. The van der Waals surface area contributed by atoms with Gasteiger partial charge in [-0.25, -0.2) is 4.98 Å². The quantitative estimate of drug-likeness (QED) is 0.617. The highest BCUT2D eigenvalue weighted by atomic mass is 32.1. The fourth-order valence-corrected chi connectivity index (χ4v) is 3.46. The third kappa shape index (κ3) is 2.05. The Kier molecular flexibility index (Phi) is 2.90. The number of aryl methyl sites for hydroxylation is 1. The molecule has 108 valence electrons. The Labute approximate surface area is 130 Å². The van der Waals surface area contributed by atoms with E-state index in [-0.39, 0.29) is 5.91 Å². The summed E-state index contributed by atoms with van der Waals surface area (Å²) in [5.74, 6) is -0.205. The molecule has 2 heterocycles. The fraction of sp³-hybridized carbons (Fsp3) is 0.0625. The molecule has 0 spiro atoms. The maximum Gasteiger partial charge on any atom is 0.275 e. The van der Waals surface area contributed by atoms with Crippen molar-refractivity contribution in [3.8, 4) is 0 Å². The molecule has 2 aromatic heterocycles. The number of hydrogen-bond donors (Lipinski definition) is 1. The zero-order valence-electron chi connectivity index (χ0n) is 11.8. The van der Waals surface area contributed by atoms with E-state index in [2.05, 4.69) is 27.5 Å². The van der Waals surface area contributed by atoms with Crippen LogP contribution in [0, 0.1) is 0 Å². The maximum atomic E-state index is 12.2. The minimum atomic E-state index is -0.205. The Bertz CT molecular complexity index is 1000. The number of thiazole rings is 1. The van der Waals surface area contributed by atoms with Gasteiger partial charge in [0.2, 0.25) is 0 Å². The maximum absolute atomic E-state index is 12.2. The van der Waals surface area contributed by atoms with Gasteiger partial charge in [0.1, 0.15) is 5.69 Å². The van der Waals surface area contributed by atoms with Crippen molar-refractivity contribution in [1.82, 2.24) is 14.8 Å². The number of fused-ring (bicyclic) bond motifs is 3. The highest BCUT2D eigenvalue weighted by Gasteiger charge is 2.13. The summed E-state index contributed by atoms with van der Waals surface area (Å²) in [6, 6.07) is 13.9. The molecule has 0 aliphatic heterocycles. The minimum Gasteiger partial charge on any atom is -0.296 e. The second kappa shape index (κ2) is 4.92. The lowest BCUT2D eigenvalue weighted by Crippen LogP contribution is -2.15. The van der Waals surface area contributed by atoms with Crippen LogP contribution in [0.3, 0.4) is 0 Å². The zero-order chi connectivity index (χ0) is 15.1. The van der Waals surface area contributed by atoms with Gasteiger partial charge in [-0.1, -0.05) is 41.7 Å². The van der Waals surface area contributed by atoms with Gasteiger partial charge >= 0.3 is 0 Å². The first-order valence-corrected chi connectivity index (χ1v) is 7.62. The topological polar surface area (TPSA) is 59.8 Å². The predicted octanol–water partition coefficient (Wildman–Crippen LogP) is 3.44. The van der Waals surface area contributed by atoms with Gasteiger partial charge < -0.3 is 0 Å². The number of carbonyl (C=O) groups excluding carboxylic acids is 1. The summed E-state index contributed by atoms with van der Waals surface area (Å²) in [4.78, 5) is 16.7. The lowest BCUT2D eigenvalue weighted by molar-refractivity contribution is 0.101. The fourth-order valence-electron chi connectivity index (χ4n) is 2.47. The van der Waals surface area contributed by atoms with Gasteiger partial charge in [0.15, 0.2) is 5.13 Å². The molecule has 1 N–H and O–H groups in total. The first kappa shape index (κ1) is 13.0. The van der Waals surface area contributed by atoms with Crippen molar-refractivity contribution in [2.24, 2.45) is 7.05 Å². The summed E-state index contributed by atoms with van der Waals surface area (Å²) in [7, 11) is 1.74. The molecule has 4 rings (SSSR count). The highest BCUT2D eigenvalue weighted by Crippen LogP contribution is 2.32. The Hall–Kier alpha value is -2.73. The molecule has 0 saturated carbocycles. The van der Waals surface area contributed by atoms with E-state index in [1.165, 1.54) is 21.4 Å². The number of carbonyl (C=O) groups is 1. The lowest BCUT2D eigenvalue weighted by Gasteiger charge is -2.00. The molecule has 6 heteroatoms. The van der Waals surface area contributed by atoms with Crippen molar-refractivity contribution >= 4 is 43.4 Å². The smallest absolute Gasteiger partial charge is 0.275 e. The SMILES string of the molecule is Cn1nccc1C(=O)Nc1nc2ccc3ccccc3c2s1. The van der Waals surface area contributed by atoms with E-state index >= 15 is 0 Å². The summed E-state index contributed by atoms with van der Waals surface area (Å²) in [5.41, 5.74) is 1.40. The Balaban J connectivity index is 1.75. The number of anilines is 1. The van der Waals surface area contributed by atoms with Gasteiger partial charge in [-0.05, 0) is 17.5 Å². The van der Waals surface area contributed by atoms with Gasteiger partial charge in [0.25, 0.3) is 5.91 Å². The number of amides is 1. The highest BCUT2D eigenvalue weighted by molar-refractivity contribution is 7.23. The summed E-state index contributed by atoms with van der Waals surface area (Å²) in [6.45, 7) is 0. The first-order valence-electron chi connectivity index (χ1n) is 6.80. The van der Waals surface area contributed by atoms with Crippen LogP contribution in [0.2, 0.25) is 0 Å². The molecule has 0 fully saturated rings. The van der Waals surface area contributed by atoms with Gasteiger partial charge in [-0.2, -0.15) is 5.10 Å². The average Bonchev–Trinajstić information content (AvgIpc) is 3.12. The average molecular weight is 308 g/mol. The molecule has 0 atom stereocenters. The van der Waals surface area contributed by atoms with Crippen molar-refractivity contribution in [3.63, 3.8) is 0 Å². The van der Waals surface area contributed by atoms with Crippen molar-refractivity contribution in [1.29, 1.82) is 0 Å². The van der Waals surface area contributed by atoms with E-state index in [1.54, 1.807) is 19.3 Å². The van der Waals surface area contributed by atoms with Crippen molar-refractivity contribution in [3.05, 3.63) is 54.4 Å². The van der Waals surface area contributed by atoms with Gasteiger partial charge in [0.05, 0.1) is 10.2 Å². The summed E-state index contributed by atoms with van der Waals surface area (Å²) < 4.78 is 2.62. The molecular formula is C16H12N4OS. The van der Waals surface area contributed by atoms with E-state index in [4.69, 9.17) is 0 Å². The van der Waals surface area contributed by atoms with Crippen molar-refractivity contribution < 1.29 is 4.79 Å². The summed E-state index contributed by atoms with van der Waals surface area (Å²) in [6.07, 6.45) is 1.60. The number of benzene rings is 2. The van der Waals surface area contributed by atoms with Crippen molar-refractivity contribution in [2.45, 2.75) is 0 Å². The van der Waals surface area contributed by atoms with Gasteiger partial charge in [-0.15, -0.1) is 0 Å². The molecule has 4 aromatic rings. The Morgan fingerprint density at radius 3 is 2.86 bits per heavy atom. The van der Waals surface area contributed by atoms with Crippen LogP contribution in [0.15, 0.2) is 48.7 Å². The van der Waals surface area contributed by atoms with Crippen LogP contribution < -0.4 is 5.32 Å². The molecule has 0 radical (unpaired) electrons. The number of nitrogens with one attached hydrogen (secondary N) is 1. The van der Waals surface area contributed by atoms with Crippen LogP contribution in [0.1, 0.15) is 10.5 Å². The minimum absolute atomic E-state index is 0.205. The van der Waals surface area contributed by atoms with E-state index in [0.29, 0.717) is 10.8 Å². The number of nitrogens with zero attached hydrogens (tertiary/aromatic N) is 3. The number of aromatic nitrogens is 3. The molecule has 0 aliphatic carbocycles. The van der Waals surface area contributed by atoms with Crippen molar-refractivity contribution in [2.75, 3.05) is 5.32 Å². The normalized spacial score (nSPS) is 11.1. The van der Waals surface area contributed by atoms with E-state index in [1.807, 2.05) is 24.3 Å². The Morgan fingerprint density at radius 1 is 1.18 bits per heavy atom. The van der Waals surface area contributed by atoms with Crippen LogP contribution in [-0.4, -0.2) is 20.7 Å². The second-order valence-corrected chi connectivity index (χ2v) is 5.95. The van der Waals surface area contributed by atoms with E-state index in [9.17, 15) is 4.79 Å². The standard InChI is InChI=1S/C16H12N4OS/c1-20-13(8-9-17-20)15(21)19-16-18-12-7-6-10-4-2-3-5-11(10)14(12)22-16/h2-9H,1H3,(H,18,19,21). The third-order valence-electron chi connectivity index (χ3n) is 3.55. The monoisotopic (exact) mass is 308 g/mol. The zero-order valence-corrected chi connectivity index (χ0v) is 12.6. The second-order valence-electron chi connectivity index (χ2n) is 4.95. The molecule has 0 bridgehead atoms. The van der Waals surface area contributed by atoms with Gasteiger partial charge in [-0.3, -0.25) is 14.8 Å². The molecule has 5 nitrogen and oxygen atoms in total. The van der Waals surface area contributed by atoms with Crippen LogP contribution in [-0.2, 0) is 7.05 Å². The largest absolute Gasteiger partial charge is 0.296 e.